The van der Waals surface area contributed by atoms with E-state index in [0.29, 0.717) is 0 Å². The van der Waals surface area contributed by atoms with E-state index in [4.69, 9.17) is 0 Å². The summed E-state index contributed by atoms with van der Waals surface area (Å²) in [6, 6.07) is 0. The van der Waals surface area contributed by atoms with E-state index in [1.54, 1.807) is 0 Å². The van der Waals surface area contributed by atoms with Crippen LogP contribution in [0.25, 0.3) is 0 Å². The Labute approximate surface area is 98.9 Å². The Bertz CT molecular complexity index is 8.00. The Kier molecular flexibility index (Phi) is 110. The molecule has 0 aromatic rings. The summed E-state index contributed by atoms with van der Waals surface area (Å²) in [5.74, 6) is 0. The predicted molar refractivity (Wildman–Crippen MR) is 32.8 cm³/mol. The van der Waals surface area contributed by atoms with Crippen LogP contribution in [0.4, 0.5) is 0 Å². The van der Waals surface area contributed by atoms with Gasteiger partial charge >= 0.3 is 67.3 Å². The molecule has 2 radical (unpaired) electrons. The second-order valence-electron chi connectivity index (χ2n) is 0. The third kappa shape index (κ3) is 8.97. The zero-order valence-electron chi connectivity index (χ0n) is 0.707. The molecule has 0 N–H and O–H groups in total. The van der Waals surface area contributed by atoms with E-state index in [-0.39, 0.29) is 101 Å². The van der Waals surface area contributed by atoms with Crippen LogP contribution in [-0.4, -0.2) is 101 Å². The van der Waals surface area contributed by atoms with Crippen molar-refractivity contribution in [2.45, 2.75) is 0 Å². The van der Waals surface area contributed by atoms with Gasteiger partial charge in [-0.05, 0) is 11.0 Å². The molecule has 0 fully saturated rings. The zero-order chi connectivity index (χ0) is 0. The molecule has 0 amide bonds. The van der Waals surface area contributed by atoms with E-state index in [1.807, 2.05) is 0 Å². The minimum Gasteiger partial charge on any atom is -0.0149 e. The monoisotopic (exact) mass is 122 g/mol. The van der Waals surface area contributed by atoms with Gasteiger partial charge in [-0.25, -0.2) is 0 Å². The summed E-state index contributed by atoms with van der Waals surface area (Å²) in [6.07, 6.45) is 0. The number of hydrogen-bond acceptors (Lipinski definition) is 0. The zero-order valence-corrected chi connectivity index (χ0v) is 2.12. The molecule has 0 aromatic heterocycles. The summed E-state index contributed by atoms with van der Waals surface area (Å²) in [4.78, 5) is 0. The van der Waals surface area contributed by atoms with Crippen molar-refractivity contribution in [3.63, 3.8) is 0 Å². The van der Waals surface area contributed by atoms with E-state index in [1.165, 1.54) is 0 Å². The quantitative estimate of drug-likeness (QED) is 0.294. The maximum absolute atomic E-state index is 0. The van der Waals surface area contributed by atoms with Crippen LogP contribution in [0.5, 0.6) is 0 Å². The average molecular weight is 123 g/mol. The Morgan fingerprint density at radius 2 is 1.00 bits per heavy atom. The van der Waals surface area contributed by atoms with Crippen molar-refractivity contribution in [1.82, 2.24) is 0 Å². The van der Waals surface area contributed by atoms with Crippen LogP contribution in [0.1, 0.15) is 0 Å². The minimum atomic E-state index is 0. The Morgan fingerprint density at radius 1 is 1.00 bits per heavy atom. The summed E-state index contributed by atoms with van der Waals surface area (Å²) < 4.78 is 0. The number of hydrogen-bond donors (Lipinski definition) is 0. The van der Waals surface area contributed by atoms with Crippen molar-refractivity contribution in [3.8, 4) is 0 Å². The van der Waals surface area contributed by atoms with Crippen LogP contribution >= 0.6 is 0 Å². The van der Waals surface area contributed by atoms with Crippen molar-refractivity contribution >= 4 is 101 Å². The first-order chi connectivity index (χ1) is 0. The Balaban J connectivity index is 0. The summed E-state index contributed by atoms with van der Waals surface area (Å²) in [6.45, 7) is 0. The van der Waals surface area contributed by atoms with Gasteiger partial charge in [0.2, 0.25) is 0 Å². The van der Waals surface area contributed by atoms with E-state index in [2.05, 4.69) is 0 Å². The summed E-state index contributed by atoms with van der Waals surface area (Å²) in [5.41, 5.74) is 0. The van der Waals surface area contributed by atoms with E-state index in [9.17, 15) is 0 Å². The molecule has 0 aliphatic heterocycles. The Morgan fingerprint density at radius 3 is 1.00 bits per heavy atom. The predicted octanol–water partition coefficient (Wildman–Crippen LogP) is -3.40. The van der Waals surface area contributed by atoms with Crippen molar-refractivity contribution in [2.75, 3.05) is 0 Å². The first-order valence-electron chi connectivity index (χ1n) is 0. The van der Waals surface area contributed by atoms with Crippen LogP contribution in [0, 0.1) is 0 Å². The van der Waals surface area contributed by atoms with Crippen molar-refractivity contribution < 1.29 is 0 Å². The van der Waals surface area contributed by atoms with Crippen molar-refractivity contribution in [1.29, 1.82) is 0 Å². The third-order valence-corrected chi connectivity index (χ3v) is 0. The minimum absolute atomic E-state index is 0. The van der Waals surface area contributed by atoms with Gasteiger partial charge in [0.1, 0.15) is 0 Å². The molecule has 0 aliphatic rings. The SMILES string of the molecule is [CaH2].[Mg].[NaH].[SiH4]. The van der Waals surface area contributed by atoms with Gasteiger partial charge in [-0.15, -0.1) is 0 Å². The average Bonchev–Trinajstić information content (AvgIpc) is 0. The molecule has 0 nitrogen and oxygen atoms in total. The first kappa shape index (κ1) is 26.8. The van der Waals surface area contributed by atoms with Gasteiger partial charge in [-0.2, -0.15) is 0 Å². The summed E-state index contributed by atoms with van der Waals surface area (Å²) >= 11 is 0. The molecule has 0 aliphatic carbocycles. The molecule has 0 rings (SSSR count). The van der Waals surface area contributed by atoms with Gasteiger partial charge in [-0.3, -0.25) is 0 Å². The number of rotatable bonds is 0. The molecule has 0 saturated carbocycles. The molecule has 0 atom stereocenters. The molecule has 4 heteroatoms. The van der Waals surface area contributed by atoms with Gasteiger partial charge in [0.05, 0.1) is 0 Å². The van der Waals surface area contributed by atoms with Crippen molar-refractivity contribution in [2.24, 2.45) is 0 Å². The van der Waals surface area contributed by atoms with Gasteiger partial charge in [0.25, 0.3) is 0 Å². The first-order valence-corrected chi connectivity index (χ1v) is 0. The molecule has 4 heavy (non-hydrogen) atoms. The molecule has 0 bridgehead atoms. The fraction of sp³-hybridized carbons (Fsp3) is 0. The molecule has 0 heterocycles. The van der Waals surface area contributed by atoms with E-state index < -0.39 is 0 Å². The molecule has 0 aromatic carbocycles. The molecule has 0 saturated heterocycles. The fourth-order valence-electron chi connectivity index (χ4n) is 0. The van der Waals surface area contributed by atoms with Gasteiger partial charge in [0, 0.05) is 23.1 Å². The fourth-order valence-corrected chi connectivity index (χ4v) is 0. The molecule has 0 spiro atoms. The maximum atomic E-state index is 0. The second kappa shape index (κ2) is 16.3. The van der Waals surface area contributed by atoms with Crippen LogP contribution < -0.4 is 0 Å². The normalized spacial score (nSPS) is 0. The summed E-state index contributed by atoms with van der Waals surface area (Å²) in [7, 11) is 0. The molecular formula is H7CaMgNaSi. The van der Waals surface area contributed by atoms with Crippen LogP contribution in [0.2, 0.25) is 0 Å². The van der Waals surface area contributed by atoms with Crippen molar-refractivity contribution in [3.05, 3.63) is 0 Å². The molecule has 0 unspecified atom stereocenters. The van der Waals surface area contributed by atoms with Gasteiger partial charge in [-0.1, -0.05) is 0 Å². The third-order valence-electron chi connectivity index (χ3n) is 0. The van der Waals surface area contributed by atoms with E-state index >= 15 is 0 Å². The maximum Gasteiger partial charge on any atom is -0.0149 e. The largest absolute Gasteiger partial charge is 0.0149 e. The van der Waals surface area contributed by atoms with Gasteiger partial charge < -0.3 is 0 Å². The van der Waals surface area contributed by atoms with Crippen LogP contribution in [-0.2, 0) is 0 Å². The molecular weight excluding hydrogens is 115 g/mol. The second-order valence-corrected chi connectivity index (χ2v) is 0. The van der Waals surface area contributed by atoms with Crippen LogP contribution in [0.3, 0.4) is 0 Å². The topological polar surface area (TPSA) is 0 Å². The molecule has 16 valence electrons. The Hall–Kier alpha value is 3.24. The van der Waals surface area contributed by atoms with Crippen LogP contribution in [0.15, 0.2) is 0 Å². The summed E-state index contributed by atoms with van der Waals surface area (Å²) in [5, 5.41) is 0. The standard InChI is InChI=1S/Ca.Mg.Na.H4Si.3H/h;;;1H4;;;. The van der Waals surface area contributed by atoms with Gasteiger partial charge in [0.15, 0.2) is 0 Å². The smallest absolute Gasteiger partial charge is 0.0149 e. The van der Waals surface area contributed by atoms with E-state index in [0.717, 1.165) is 0 Å².